The molecule has 3 nitrogen and oxygen atoms in total. The molecule has 1 aromatic rings. The van der Waals surface area contributed by atoms with Gasteiger partial charge in [-0.3, -0.25) is 0 Å². The highest BCUT2D eigenvalue weighted by atomic mass is 35.5. The molecule has 18 heavy (non-hydrogen) atoms. The second-order valence-corrected chi connectivity index (χ2v) is 10.5. The molecule has 0 saturated carbocycles. The maximum absolute atomic E-state index is 11.9. The Kier molecular flexibility index (Phi) is 5.83. The highest BCUT2D eigenvalue weighted by Crippen LogP contribution is 2.34. The quantitative estimate of drug-likeness (QED) is 0.822. The van der Waals surface area contributed by atoms with Gasteiger partial charge in [-0.25, -0.2) is 13.1 Å². The first-order valence-electron chi connectivity index (χ1n) is 5.20. The summed E-state index contributed by atoms with van der Waals surface area (Å²) in [5, 5.41) is 0. The van der Waals surface area contributed by atoms with Crippen LogP contribution in [0.1, 0.15) is 20.8 Å². The molecule has 0 aliphatic rings. The van der Waals surface area contributed by atoms with E-state index in [2.05, 4.69) is 25.5 Å². The van der Waals surface area contributed by atoms with Crippen LogP contribution in [0.15, 0.2) is 11.0 Å². The molecule has 1 rings (SSSR count). The van der Waals surface area contributed by atoms with Crippen LogP contribution in [0.25, 0.3) is 0 Å². The minimum atomic E-state index is -3.56. The minimum Gasteiger partial charge on any atom is -0.210 e. The summed E-state index contributed by atoms with van der Waals surface area (Å²) in [5.41, 5.74) is 0. The van der Waals surface area contributed by atoms with E-state index in [-0.39, 0.29) is 14.0 Å². The number of hydrogen-bond donors (Lipinski definition) is 1. The largest absolute Gasteiger partial charge is 0.242 e. The van der Waals surface area contributed by atoms with Gasteiger partial charge in [0.2, 0.25) is 10.0 Å². The molecular formula is C10H15Cl2NO2S3. The van der Waals surface area contributed by atoms with E-state index in [1.54, 1.807) is 11.8 Å². The zero-order valence-electron chi connectivity index (χ0n) is 10.3. The Morgan fingerprint density at radius 3 is 2.44 bits per heavy atom. The Labute approximate surface area is 126 Å². The van der Waals surface area contributed by atoms with Gasteiger partial charge in [-0.05, 0) is 6.07 Å². The lowest BCUT2D eigenvalue weighted by Gasteiger charge is -2.17. The molecule has 0 fully saturated rings. The number of hydrogen-bond acceptors (Lipinski definition) is 4. The van der Waals surface area contributed by atoms with E-state index in [0.717, 1.165) is 11.3 Å². The van der Waals surface area contributed by atoms with Crippen molar-refractivity contribution >= 4 is 56.3 Å². The van der Waals surface area contributed by atoms with Crippen LogP contribution in [0.2, 0.25) is 8.67 Å². The fourth-order valence-electron chi connectivity index (χ4n) is 1.12. The van der Waals surface area contributed by atoms with Crippen molar-refractivity contribution in [1.82, 2.24) is 4.72 Å². The smallest absolute Gasteiger partial charge is 0.210 e. The van der Waals surface area contributed by atoms with Crippen molar-refractivity contribution in [2.45, 2.75) is 30.4 Å². The van der Waals surface area contributed by atoms with Crippen LogP contribution in [-0.4, -0.2) is 25.5 Å². The normalized spacial score (nSPS) is 12.9. The standard InChI is InChI=1S/C10H15Cl2NO2S3/c1-10(2,3)16-5-4-13-18(14,15)7-6-8(11)17-9(7)12/h6,13H,4-5H2,1-3H3. The monoisotopic (exact) mass is 347 g/mol. The summed E-state index contributed by atoms with van der Waals surface area (Å²) < 4.78 is 27.1. The van der Waals surface area contributed by atoms with Crippen LogP contribution in [-0.2, 0) is 10.0 Å². The van der Waals surface area contributed by atoms with Gasteiger partial charge in [-0.15, -0.1) is 11.3 Å². The van der Waals surface area contributed by atoms with Crippen molar-refractivity contribution in [3.8, 4) is 0 Å². The van der Waals surface area contributed by atoms with Gasteiger partial charge in [0.1, 0.15) is 9.23 Å². The molecule has 1 heterocycles. The highest BCUT2D eigenvalue weighted by molar-refractivity contribution is 8.00. The maximum atomic E-state index is 11.9. The SMILES string of the molecule is CC(C)(C)SCCNS(=O)(=O)c1cc(Cl)sc1Cl. The molecule has 0 aliphatic carbocycles. The molecule has 0 unspecified atom stereocenters. The van der Waals surface area contributed by atoms with Gasteiger partial charge in [-0.2, -0.15) is 11.8 Å². The van der Waals surface area contributed by atoms with E-state index in [1.807, 2.05) is 0 Å². The van der Waals surface area contributed by atoms with Crippen LogP contribution >= 0.6 is 46.3 Å². The van der Waals surface area contributed by atoms with Gasteiger partial charge in [-0.1, -0.05) is 44.0 Å². The molecule has 1 N–H and O–H groups in total. The van der Waals surface area contributed by atoms with Crippen molar-refractivity contribution in [2.75, 3.05) is 12.3 Å². The summed E-state index contributed by atoms with van der Waals surface area (Å²) in [6, 6.07) is 1.37. The van der Waals surface area contributed by atoms with E-state index in [1.165, 1.54) is 6.07 Å². The molecule has 0 aliphatic heterocycles. The second kappa shape index (κ2) is 6.33. The Bertz CT molecular complexity index is 506. The van der Waals surface area contributed by atoms with E-state index in [4.69, 9.17) is 23.2 Å². The third kappa shape index (κ3) is 5.27. The number of rotatable bonds is 5. The third-order valence-corrected chi connectivity index (χ3v) is 6.33. The summed E-state index contributed by atoms with van der Waals surface area (Å²) in [7, 11) is -3.56. The summed E-state index contributed by atoms with van der Waals surface area (Å²) in [6.07, 6.45) is 0. The molecule has 0 bridgehead atoms. The summed E-state index contributed by atoms with van der Waals surface area (Å²) in [6.45, 7) is 6.62. The number of thiophene rings is 1. The molecular weight excluding hydrogens is 333 g/mol. The molecule has 0 aromatic carbocycles. The average molecular weight is 348 g/mol. The molecule has 1 aromatic heterocycles. The topological polar surface area (TPSA) is 46.2 Å². The van der Waals surface area contributed by atoms with E-state index < -0.39 is 10.0 Å². The maximum Gasteiger partial charge on any atom is 0.242 e. The Hall–Kier alpha value is 0.540. The Morgan fingerprint density at radius 2 is 2.00 bits per heavy atom. The number of thioether (sulfide) groups is 1. The zero-order valence-corrected chi connectivity index (χ0v) is 14.3. The molecule has 0 radical (unpaired) electrons. The van der Waals surface area contributed by atoms with E-state index in [0.29, 0.717) is 16.6 Å². The predicted octanol–water partition coefficient (Wildman–Crippen LogP) is 3.86. The van der Waals surface area contributed by atoms with Gasteiger partial charge in [0.05, 0.1) is 4.34 Å². The molecule has 0 saturated heterocycles. The van der Waals surface area contributed by atoms with Gasteiger partial charge < -0.3 is 0 Å². The molecule has 8 heteroatoms. The molecule has 104 valence electrons. The minimum absolute atomic E-state index is 0.0555. The van der Waals surface area contributed by atoms with Crippen LogP contribution in [0, 0.1) is 0 Å². The van der Waals surface area contributed by atoms with Crippen molar-refractivity contribution in [3.63, 3.8) is 0 Å². The first-order valence-corrected chi connectivity index (χ1v) is 9.24. The lowest BCUT2D eigenvalue weighted by molar-refractivity contribution is 0.584. The fourth-order valence-corrected chi connectivity index (χ4v) is 5.24. The van der Waals surface area contributed by atoms with Gasteiger partial charge in [0.15, 0.2) is 0 Å². The highest BCUT2D eigenvalue weighted by Gasteiger charge is 2.20. The van der Waals surface area contributed by atoms with Crippen molar-refractivity contribution in [2.24, 2.45) is 0 Å². The average Bonchev–Trinajstić information content (AvgIpc) is 2.52. The summed E-state index contributed by atoms with van der Waals surface area (Å²) >= 11 is 14.3. The van der Waals surface area contributed by atoms with Gasteiger partial charge >= 0.3 is 0 Å². The lowest BCUT2D eigenvalue weighted by atomic mass is 10.3. The molecule has 0 amide bonds. The van der Waals surface area contributed by atoms with Crippen molar-refractivity contribution in [3.05, 3.63) is 14.7 Å². The predicted molar refractivity (Wildman–Crippen MR) is 81.7 cm³/mol. The lowest BCUT2D eigenvalue weighted by Crippen LogP contribution is -2.27. The van der Waals surface area contributed by atoms with E-state index in [9.17, 15) is 8.42 Å². The van der Waals surface area contributed by atoms with Gasteiger partial charge in [0.25, 0.3) is 0 Å². The molecule has 0 atom stereocenters. The molecule has 0 spiro atoms. The van der Waals surface area contributed by atoms with Crippen LogP contribution < -0.4 is 4.72 Å². The van der Waals surface area contributed by atoms with Crippen molar-refractivity contribution in [1.29, 1.82) is 0 Å². The Morgan fingerprint density at radius 1 is 1.39 bits per heavy atom. The first-order chi connectivity index (χ1) is 8.12. The second-order valence-electron chi connectivity index (χ2n) is 4.55. The van der Waals surface area contributed by atoms with Crippen LogP contribution in [0.4, 0.5) is 0 Å². The first kappa shape index (κ1) is 16.6. The summed E-state index contributed by atoms with van der Waals surface area (Å²) in [4.78, 5) is 0.0555. The van der Waals surface area contributed by atoms with Crippen LogP contribution in [0.3, 0.4) is 0 Å². The Balaban J connectivity index is 2.59. The number of sulfonamides is 1. The van der Waals surface area contributed by atoms with Crippen molar-refractivity contribution < 1.29 is 8.42 Å². The fraction of sp³-hybridized carbons (Fsp3) is 0.600. The van der Waals surface area contributed by atoms with Gasteiger partial charge in [0, 0.05) is 17.0 Å². The van der Waals surface area contributed by atoms with Crippen LogP contribution in [0.5, 0.6) is 0 Å². The summed E-state index contributed by atoms with van der Waals surface area (Å²) in [5.74, 6) is 0.707. The number of nitrogens with one attached hydrogen (secondary N) is 1. The zero-order chi connectivity index (χ0) is 14.0. The van der Waals surface area contributed by atoms with E-state index >= 15 is 0 Å². The third-order valence-electron chi connectivity index (χ3n) is 1.84. The number of halogens is 2.